The van der Waals surface area contributed by atoms with Gasteiger partial charge in [0.05, 0.1) is 46.6 Å². The van der Waals surface area contributed by atoms with Gasteiger partial charge >= 0.3 is 35.8 Å². The van der Waals surface area contributed by atoms with E-state index in [-0.39, 0.29) is 90.2 Å². The highest BCUT2D eigenvalue weighted by Gasteiger charge is 2.25. The van der Waals surface area contributed by atoms with Crippen molar-refractivity contribution in [3.8, 4) is 29.8 Å². The molecule has 3 aromatic carbocycles. The predicted octanol–water partition coefficient (Wildman–Crippen LogP) is 8.00. The van der Waals surface area contributed by atoms with Crippen molar-refractivity contribution in [2.75, 3.05) is 29.0 Å². The van der Waals surface area contributed by atoms with E-state index in [1.54, 1.807) is 12.1 Å². The number of aromatic hydroxyl groups is 3. The number of nitrogens with zero attached hydrogens (tertiary/aromatic N) is 15. The van der Waals surface area contributed by atoms with Crippen molar-refractivity contribution in [1.29, 1.82) is 10.5 Å². The Morgan fingerprint density at radius 1 is 0.505 bits per heavy atom. The zero-order chi connectivity index (χ0) is 68.7. The van der Waals surface area contributed by atoms with Gasteiger partial charge in [0.1, 0.15) is 46.0 Å². The molecule has 4 heterocycles. The number of carboxylic acids is 6. The number of azo groups is 3. The molecule has 0 fully saturated rings. The van der Waals surface area contributed by atoms with Gasteiger partial charge in [0.15, 0.2) is 11.4 Å². The van der Waals surface area contributed by atoms with Crippen molar-refractivity contribution in [3.63, 3.8) is 0 Å². The quantitative estimate of drug-likeness (QED) is 0.0111. The van der Waals surface area contributed by atoms with E-state index in [9.17, 15) is 99.6 Å². The van der Waals surface area contributed by atoms with Gasteiger partial charge < -0.3 is 61.9 Å². The maximum Gasteiger partial charge on any atom is 0.337 e. The van der Waals surface area contributed by atoms with Gasteiger partial charge in [-0.3, -0.25) is 28.1 Å². The Balaban J connectivity index is 0.00000679. The standard InChI is InChI=1S/C55H44N18O18.C2H4/c1-23-32(20-56)41(74)71(44(77)38(23)68-65-34-17-26(47(80)81)7-10-29(34)50(86)87)15-5-13-59-53-62-54(60-14-6-16-72-42(75)33(21-57)24(2)39(45(72)78)69-66-35-18-27(48(82)83)8-11-30(35)51(88)89)64-55(63-53)61-22-73-43(76)37(58-4)25(3)40(46(73)79)70-67-36-19-28(49(84)85)9-12-31(36)52(90)91;1-2/h7-12,17-19,77-79H,5-6,13-16,22H2,1-3H3,(H,80,81)(H,82,83)(H,84,85)(H,86,87)(H,88,89)(H,90,91)(H3,59,60,61,62,63,64);1-2H2. The zero-order valence-electron chi connectivity index (χ0n) is 48.5. The summed E-state index contributed by atoms with van der Waals surface area (Å²) in [6, 6.07) is 12.1. The predicted molar refractivity (Wildman–Crippen MR) is 322 cm³/mol. The number of nitriles is 2. The third kappa shape index (κ3) is 15.1. The summed E-state index contributed by atoms with van der Waals surface area (Å²) in [6.07, 6.45) is -0.180. The first kappa shape index (κ1) is 68.3. The second-order valence-electron chi connectivity index (χ2n) is 18.8. The van der Waals surface area contributed by atoms with E-state index in [1.807, 2.05) is 0 Å². The van der Waals surface area contributed by atoms with Gasteiger partial charge in [-0.1, -0.05) is 0 Å². The lowest BCUT2D eigenvalue weighted by atomic mass is 10.1. The van der Waals surface area contributed by atoms with E-state index in [1.165, 1.54) is 20.8 Å². The Morgan fingerprint density at radius 2 is 0.828 bits per heavy atom. The number of anilines is 3. The molecular formula is C57H48N18O18. The normalized spacial score (nSPS) is 10.9. The Hall–Kier alpha value is -13.9. The molecular weight excluding hydrogens is 1220 g/mol. The minimum Gasteiger partial charge on any atom is -0.493 e. The largest absolute Gasteiger partial charge is 0.493 e. The molecule has 0 atom stereocenters. The average molecular weight is 1270 g/mol. The van der Waals surface area contributed by atoms with Gasteiger partial charge in [0.25, 0.3) is 22.4 Å². The molecule has 0 bridgehead atoms. The van der Waals surface area contributed by atoms with Crippen LogP contribution in [0.25, 0.3) is 4.85 Å². The summed E-state index contributed by atoms with van der Waals surface area (Å²) in [5.41, 5.74) is -10.5. The van der Waals surface area contributed by atoms with Crippen LogP contribution < -0.4 is 32.6 Å². The second-order valence-corrected chi connectivity index (χ2v) is 18.8. The Bertz CT molecular complexity index is 4490. The number of carboxylic acid groups (broad SMARTS) is 6. The summed E-state index contributed by atoms with van der Waals surface area (Å²) in [5.74, 6) is -12.3. The third-order valence-electron chi connectivity index (χ3n) is 13.2. The SMILES string of the molecule is C=C.[C-]#[N+]c1c(C)c(N=Nc2cc(C(=O)O)ccc2C(=O)O)c(O)n(CNc2nc(NCCCn3c(O)c(N=Nc4cc(C(=O)O)ccc4C(=O)O)c(C)c(C#N)c3=O)nc(NCCCn3c(O)c(N=Nc4cc(C(=O)O)ccc4C(=O)O)c(C)c(C#N)c3=O)n2)c1=O. The summed E-state index contributed by atoms with van der Waals surface area (Å²) in [7, 11) is 0. The van der Waals surface area contributed by atoms with Crippen LogP contribution in [0.15, 0.2) is 113 Å². The summed E-state index contributed by atoms with van der Waals surface area (Å²) in [4.78, 5) is 128. The number of aromatic nitrogens is 6. The molecule has 36 nitrogen and oxygen atoms in total. The molecule has 0 spiro atoms. The monoisotopic (exact) mass is 1270 g/mol. The fraction of sp³-hybridized carbons (Fsp3) is 0.175. The number of aromatic carboxylic acids is 6. The molecule has 7 rings (SSSR count). The first-order valence-corrected chi connectivity index (χ1v) is 26.3. The molecule has 0 amide bonds. The van der Waals surface area contributed by atoms with Crippen LogP contribution in [0, 0.1) is 50.0 Å². The van der Waals surface area contributed by atoms with Crippen LogP contribution in [0.2, 0.25) is 0 Å². The first-order valence-electron chi connectivity index (χ1n) is 26.3. The van der Waals surface area contributed by atoms with E-state index in [0.717, 1.165) is 63.7 Å². The fourth-order valence-corrected chi connectivity index (χ4v) is 8.45. The van der Waals surface area contributed by atoms with E-state index in [0.29, 0.717) is 4.57 Å². The van der Waals surface area contributed by atoms with E-state index < -0.39 is 144 Å². The van der Waals surface area contributed by atoms with E-state index in [2.05, 4.69) is 79.6 Å². The van der Waals surface area contributed by atoms with Crippen molar-refractivity contribution < 1.29 is 74.7 Å². The Kier molecular flexibility index (Phi) is 21.8. The highest BCUT2D eigenvalue weighted by Crippen LogP contribution is 2.38. The molecule has 0 unspecified atom stereocenters. The number of pyridine rings is 3. The van der Waals surface area contributed by atoms with Gasteiger partial charge in [-0.2, -0.15) is 25.5 Å². The minimum atomic E-state index is -1.52. The number of hydrogen-bond donors (Lipinski definition) is 12. The van der Waals surface area contributed by atoms with Gasteiger partial charge in [-0.15, -0.1) is 43.8 Å². The maximum atomic E-state index is 13.7. The van der Waals surface area contributed by atoms with Crippen molar-refractivity contribution in [2.45, 2.75) is 53.4 Å². The highest BCUT2D eigenvalue weighted by molar-refractivity contribution is 5.98. The summed E-state index contributed by atoms with van der Waals surface area (Å²) >= 11 is 0. The second kappa shape index (κ2) is 29.7. The lowest BCUT2D eigenvalue weighted by Crippen LogP contribution is -2.26. The lowest BCUT2D eigenvalue weighted by molar-refractivity contribution is 0.0682. The molecule has 0 radical (unpaired) electrons. The average Bonchev–Trinajstić information content (AvgIpc) is 0.831. The molecule has 12 N–H and O–H groups in total. The van der Waals surface area contributed by atoms with Crippen LogP contribution in [0.1, 0.15) is 103 Å². The maximum absolute atomic E-state index is 13.7. The number of rotatable bonds is 25. The van der Waals surface area contributed by atoms with Gasteiger partial charge in [0.2, 0.25) is 35.5 Å². The van der Waals surface area contributed by atoms with Crippen molar-refractivity contribution >= 4 is 93.5 Å². The number of hydrogen-bond acceptors (Lipinski definition) is 26. The van der Waals surface area contributed by atoms with Crippen LogP contribution in [0.3, 0.4) is 0 Å². The molecule has 0 aliphatic carbocycles. The highest BCUT2D eigenvalue weighted by atomic mass is 16.4. The van der Waals surface area contributed by atoms with Crippen LogP contribution >= 0.6 is 0 Å². The molecule has 0 aliphatic heterocycles. The molecule has 4 aromatic heterocycles. The van der Waals surface area contributed by atoms with Crippen molar-refractivity contribution in [2.24, 2.45) is 30.7 Å². The third-order valence-corrected chi connectivity index (χ3v) is 13.2. The summed E-state index contributed by atoms with van der Waals surface area (Å²) in [5, 5.41) is 143. The zero-order valence-corrected chi connectivity index (χ0v) is 48.5. The molecule has 0 saturated heterocycles. The van der Waals surface area contributed by atoms with E-state index in [4.69, 9.17) is 6.57 Å². The Morgan fingerprint density at radius 3 is 1.14 bits per heavy atom. The number of benzene rings is 3. The fourth-order valence-electron chi connectivity index (χ4n) is 8.45. The molecule has 93 heavy (non-hydrogen) atoms. The molecule has 0 saturated carbocycles. The molecule has 36 heteroatoms. The van der Waals surface area contributed by atoms with Crippen molar-refractivity contribution in [1.82, 2.24) is 28.7 Å². The number of carbonyl (C=O) groups is 6. The van der Waals surface area contributed by atoms with Gasteiger partial charge in [0, 0.05) is 37.3 Å². The molecule has 0 aliphatic rings. The lowest BCUT2D eigenvalue weighted by Gasteiger charge is -2.16. The number of nitrogens with one attached hydrogen (secondary N) is 3. The van der Waals surface area contributed by atoms with Crippen LogP contribution in [-0.4, -0.2) is 124 Å². The summed E-state index contributed by atoms with van der Waals surface area (Å²) < 4.78 is 2.12. The summed E-state index contributed by atoms with van der Waals surface area (Å²) in [6.45, 7) is 15.7. The Labute approximate surface area is 520 Å². The molecule has 474 valence electrons. The first-order chi connectivity index (χ1) is 44.2. The van der Waals surface area contributed by atoms with E-state index >= 15 is 0 Å². The van der Waals surface area contributed by atoms with Gasteiger partial charge in [-0.25, -0.2) is 33.6 Å². The molecule has 7 aromatic rings. The van der Waals surface area contributed by atoms with Gasteiger partial charge in [-0.05, 0) is 93.8 Å². The smallest absolute Gasteiger partial charge is 0.337 e. The topological polar surface area (TPSA) is 551 Å². The van der Waals surface area contributed by atoms with Crippen LogP contribution in [-0.2, 0) is 19.8 Å². The van der Waals surface area contributed by atoms with Crippen molar-refractivity contribution in [3.05, 3.63) is 171 Å². The van der Waals surface area contributed by atoms with Crippen LogP contribution in [0.5, 0.6) is 17.6 Å². The minimum absolute atomic E-state index is 0.0899. The van der Waals surface area contributed by atoms with Crippen LogP contribution in [0.4, 0.5) is 57.7 Å².